The summed E-state index contributed by atoms with van der Waals surface area (Å²) in [5.41, 5.74) is -0.477. The van der Waals surface area contributed by atoms with Gasteiger partial charge in [-0.15, -0.1) is 11.8 Å². The Kier molecular flexibility index (Phi) is 5.94. The largest absolute Gasteiger partial charge is 0.444 e. The number of halogens is 1. The van der Waals surface area contributed by atoms with Crippen LogP contribution in [-0.2, 0) is 4.74 Å². The molecule has 0 aliphatic heterocycles. The molecule has 0 radical (unpaired) electrons. The lowest BCUT2D eigenvalue weighted by Crippen LogP contribution is -2.38. The third kappa shape index (κ3) is 7.28. The van der Waals surface area contributed by atoms with Gasteiger partial charge in [-0.05, 0) is 39.8 Å². The minimum absolute atomic E-state index is 0.00629. The van der Waals surface area contributed by atoms with E-state index in [4.69, 9.17) is 16.3 Å². The van der Waals surface area contributed by atoms with Gasteiger partial charge in [-0.2, -0.15) is 0 Å². The number of hydrogen-bond donors (Lipinski definition) is 1. The molecular weight excluding hydrogens is 284 g/mol. The number of aromatic nitrogens is 1. The van der Waals surface area contributed by atoms with Crippen molar-refractivity contribution in [3.63, 3.8) is 0 Å². The molecule has 1 amide bonds. The van der Waals surface area contributed by atoms with Gasteiger partial charge in [0.25, 0.3) is 0 Å². The summed E-state index contributed by atoms with van der Waals surface area (Å²) in [5, 5.41) is 3.26. The fourth-order valence-corrected chi connectivity index (χ4v) is 2.36. The molecule has 0 aliphatic carbocycles. The first-order chi connectivity index (χ1) is 8.76. The Hall–Kier alpha value is -0.940. The minimum Gasteiger partial charge on any atom is -0.444 e. The molecule has 1 atom stereocenters. The van der Waals surface area contributed by atoms with E-state index in [-0.39, 0.29) is 6.04 Å². The summed E-state index contributed by atoms with van der Waals surface area (Å²) in [4.78, 5) is 16.5. The number of pyridine rings is 1. The maximum absolute atomic E-state index is 11.6. The van der Waals surface area contributed by atoms with Gasteiger partial charge < -0.3 is 10.1 Å². The zero-order valence-electron chi connectivity index (χ0n) is 11.6. The Morgan fingerprint density at radius 3 is 2.84 bits per heavy atom. The van der Waals surface area contributed by atoms with Crippen LogP contribution in [0.5, 0.6) is 0 Å². The third-order valence-corrected chi connectivity index (χ3v) is 3.42. The first kappa shape index (κ1) is 16.1. The van der Waals surface area contributed by atoms with Crippen LogP contribution < -0.4 is 5.32 Å². The summed E-state index contributed by atoms with van der Waals surface area (Å²) in [5.74, 6) is 0.736. The highest BCUT2D eigenvalue weighted by Crippen LogP contribution is 2.20. The van der Waals surface area contributed by atoms with E-state index in [0.717, 1.165) is 10.6 Å². The lowest BCUT2D eigenvalue weighted by Gasteiger charge is -2.21. The molecule has 19 heavy (non-hydrogen) atoms. The van der Waals surface area contributed by atoms with Crippen LogP contribution >= 0.6 is 23.4 Å². The second-order valence-corrected chi connectivity index (χ2v) is 6.65. The number of ether oxygens (including phenoxy) is 1. The molecule has 0 spiro atoms. The van der Waals surface area contributed by atoms with E-state index >= 15 is 0 Å². The predicted molar refractivity (Wildman–Crippen MR) is 78.8 cm³/mol. The molecule has 0 unspecified atom stereocenters. The fourth-order valence-electron chi connectivity index (χ4n) is 1.25. The predicted octanol–water partition coefficient (Wildman–Crippen LogP) is 3.74. The molecule has 1 N–H and O–H groups in total. The van der Waals surface area contributed by atoms with E-state index in [2.05, 4.69) is 10.3 Å². The van der Waals surface area contributed by atoms with E-state index in [1.807, 2.05) is 33.8 Å². The maximum atomic E-state index is 11.6. The van der Waals surface area contributed by atoms with Gasteiger partial charge in [0.2, 0.25) is 0 Å². The van der Waals surface area contributed by atoms with Crippen LogP contribution in [0, 0.1) is 0 Å². The SMILES string of the molecule is C[C@@H](CSc1ccnc(Cl)c1)NC(=O)OC(C)(C)C. The van der Waals surface area contributed by atoms with Crippen molar-refractivity contribution in [3.8, 4) is 0 Å². The summed E-state index contributed by atoms with van der Waals surface area (Å²) in [6, 6.07) is 3.69. The molecule has 0 bridgehead atoms. The van der Waals surface area contributed by atoms with Crippen molar-refractivity contribution < 1.29 is 9.53 Å². The van der Waals surface area contributed by atoms with Crippen LogP contribution in [0.15, 0.2) is 23.2 Å². The Bertz CT molecular complexity index is 435. The maximum Gasteiger partial charge on any atom is 0.407 e. The summed E-state index contributed by atoms with van der Waals surface area (Å²) in [7, 11) is 0. The van der Waals surface area contributed by atoms with Crippen molar-refractivity contribution in [2.75, 3.05) is 5.75 Å². The molecule has 1 heterocycles. The quantitative estimate of drug-likeness (QED) is 0.680. The molecule has 106 valence electrons. The Morgan fingerprint density at radius 1 is 1.58 bits per heavy atom. The average molecular weight is 303 g/mol. The zero-order valence-corrected chi connectivity index (χ0v) is 13.1. The van der Waals surface area contributed by atoms with Gasteiger partial charge in [-0.3, -0.25) is 0 Å². The Balaban J connectivity index is 2.36. The molecule has 0 aromatic carbocycles. The highest BCUT2D eigenvalue weighted by molar-refractivity contribution is 7.99. The summed E-state index contributed by atoms with van der Waals surface area (Å²) in [6.07, 6.45) is 1.27. The van der Waals surface area contributed by atoms with E-state index in [1.165, 1.54) is 0 Å². The Labute approximate surface area is 123 Å². The van der Waals surface area contributed by atoms with E-state index in [1.54, 1.807) is 24.0 Å². The number of hydrogen-bond acceptors (Lipinski definition) is 4. The van der Waals surface area contributed by atoms with Gasteiger partial charge in [-0.1, -0.05) is 11.6 Å². The van der Waals surface area contributed by atoms with Crippen LogP contribution in [0.3, 0.4) is 0 Å². The molecule has 1 aromatic heterocycles. The highest BCUT2D eigenvalue weighted by Gasteiger charge is 2.17. The molecule has 0 fully saturated rings. The lowest BCUT2D eigenvalue weighted by molar-refractivity contribution is 0.0513. The fraction of sp³-hybridized carbons (Fsp3) is 0.538. The van der Waals surface area contributed by atoms with Crippen LogP contribution in [0.4, 0.5) is 4.79 Å². The van der Waals surface area contributed by atoms with Gasteiger partial charge in [0.15, 0.2) is 0 Å². The average Bonchev–Trinajstić information content (AvgIpc) is 2.23. The van der Waals surface area contributed by atoms with Crippen molar-refractivity contribution >= 4 is 29.5 Å². The van der Waals surface area contributed by atoms with E-state index < -0.39 is 11.7 Å². The highest BCUT2D eigenvalue weighted by atomic mass is 35.5. The van der Waals surface area contributed by atoms with Crippen molar-refractivity contribution in [2.24, 2.45) is 0 Å². The number of carbonyl (C=O) groups excluding carboxylic acids is 1. The zero-order chi connectivity index (χ0) is 14.5. The standard InChI is InChI=1S/C13H19ClN2O2S/c1-9(16-12(17)18-13(2,3)4)8-19-10-5-6-15-11(14)7-10/h5-7,9H,8H2,1-4H3,(H,16,17)/t9-/m0/s1. The van der Waals surface area contributed by atoms with Crippen LogP contribution in [0.1, 0.15) is 27.7 Å². The normalized spacial score (nSPS) is 12.9. The molecule has 0 saturated heterocycles. The van der Waals surface area contributed by atoms with Crippen molar-refractivity contribution in [3.05, 3.63) is 23.5 Å². The third-order valence-electron chi connectivity index (χ3n) is 1.96. The second kappa shape index (κ2) is 7.01. The number of thioether (sulfide) groups is 1. The van der Waals surface area contributed by atoms with E-state index in [0.29, 0.717) is 5.15 Å². The molecule has 1 aromatic rings. The van der Waals surface area contributed by atoms with Crippen molar-refractivity contribution in [1.82, 2.24) is 10.3 Å². The minimum atomic E-state index is -0.477. The molecule has 1 rings (SSSR count). The molecule has 0 saturated carbocycles. The first-order valence-electron chi connectivity index (χ1n) is 6.00. The summed E-state index contributed by atoms with van der Waals surface area (Å²) in [6.45, 7) is 7.45. The van der Waals surface area contributed by atoms with Gasteiger partial charge >= 0.3 is 6.09 Å². The van der Waals surface area contributed by atoms with E-state index in [9.17, 15) is 4.79 Å². The van der Waals surface area contributed by atoms with Crippen molar-refractivity contribution in [1.29, 1.82) is 0 Å². The lowest BCUT2D eigenvalue weighted by atomic mass is 10.2. The molecule has 4 nitrogen and oxygen atoms in total. The number of nitrogens with one attached hydrogen (secondary N) is 1. The first-order valence-corrected chi connectivity index (χ1v) is 7.36. The van der Waals surface area contributed by atoms with Crippen molar-refractivity contribution in [2.45, 2.75) is 44.2 Å². The van der Waals surface area contributed by atoms with Crippen LogP contribution in [-0.4, -0.2) is 28.5 Å². The number of rotatable bonds is 4. The number of nitrogens with zero attached hydrogens (tertiary/aromatic N) is 1. The number of carbonyl (C=O) groups is 1. The summed E-state index contributed by atoms with van der Waals surface area (Å²) < 4.78 is 5.19. The monoisotopic (exact) mass is 302 g/mol. The Morgan fingerprint density at radius 2 is 2.26 bits per heavy atom. The molecular formula is C13H19ClN2O2S. The number of amides is 1. The van der Waals surface area contributed by atoms with Crippen LogP contribution in [0.25, 0.3) is 0 Å². The summed E-state index contributed by atoms with van der Waals surface area (Å²) >= 11 is 7.41. The topological polar surface area (TPSA) is 51.2 Å². The van der Waals surface area contributed by atoms with Gasteiger partial charge in [0, 0.05) is 22.9 Å². The second-order valence-electron chi connectivity index (χ2n) is 5.17. The van der Waals surface area contributed by atoms with Gasteiger partial charge in [-0.25, -0.2) is 9.78 Å². The molecule has 0 aliphatic rings. The van der Waals surface area contributed by atoms with Gasteiger partial charge in [0.05, 0.1) is 0 Å². The van der Waals surface area contributed by atoms with Crippen LogP contribution in [0.2, 0.25) is 5.15 Å². The van der Waals surface area contributed by atoms with Gasteiger partial charge in [0.1, 0.15) is 10.8 Å². The smallest absolute Gasteiger partial charge is 0.407 e. The molecule has 6 heteroatoms. The number of alkyl carbamates (subject to hydrolysis) is 1.